The SMILES string of the molecule is C[C@H]1COCCN1N1CCc2cc(-c3cnc4[nH]cc(Cl)c4n3)cc([C@@H]3COCCN3)c2C1. The van der Waals surface area contributed by atoms with Gasteiger partial charge in [0, 0.05) is 44.0 Å². The van der Waals surface area contributed by atoms with E-state index in [9.17, 15) is 0 Å². The fraction of sp³-hybridized carbons (Fsp3) is 0.500. The molecule has 3 aromatic rings. The number of morpholine rings is 2. The van der Waals surface area contributed by atoms with Crippen LogP contribution in [0.2, 0.25) is 5.02 Å². The first-order valence-corrected chi connectivity index (χ1v) is 12.1. The predicted octanol–water partition coefficient (Wildman–Crippen LogP) is 2.93. The number of nitrogens with zero attached hydrogens (tertiary/aromatic N) is 4. The third-order valence-electron chi connectivity index (χ3n) is 6.98. The molecule has 6 rings (SSSR count). The number of nitrogens with one attached hydrogen (secondary N) is 2. The molecule has 3 aliphatic heterocycles. The lowest BCUT2D eigenvalue weighted by Gasteiger charge is -2.44. The molecule has 2 aromatic heterocycles. The summed E-state index contributed by atoms with van der Waals surface area (Å²) in [6.07, 6.45) is 4.56. The van der Waals surface area contributed by atoms with Gasteiger partial charge < -0.3 is 19.8 Å². The minimum Gasteiger partial charge on any atom is -0.378 e. The quantitative estimate of drug-likeness (QED) is 0.611. The van der Waals surface area contributed by atoms with Gasteiger partial charge in [0.1, 0.15) is 5.52 Å². The van der Waals surface area contributed by atoms with Gasteiger partial charge in [-0.05, 0) is 42.2 Å². The Morgan fingerprint density at radius 3 is 2.91 bits per heavy atom. The molecule has 2 fully saturated rings. The number of benzene rings is 1. The van der Waals surface area contributed by atoms with Crippen LogP contribution >= 0.6 is 11.6 Å². The summed E-state index contributed by atoms with van der Waals surface area (Å²) in [5.41, 5.74) is 7.42. The van der Waals surface area contributed by atoms with Gasteiger partial charge in [-0.2, -0.15) is 0 Å². The van der Waals surface area contributed by atoms with Crippen LogP contribution in [0.25, 0.3) is 22.4 Å². The van der Waals surface area contributed by atoms with E-state index in [4.69, 9.17) is 26.1 Å². The summed E-state index contributed by atoms with van der Waals surface area (Å²) in [5, 5.41) is 9.25. The first-order chi connectivity index (χ1) is 16.2. The number of aromatic nitrogens is 3. The number of hydrazine groups is 1. The van der Waals surface area contributed by atoms with E-state index in [2.05, 4.69) is 44.4 Å². The third kappa shape index (κ3) is 4.05. The van der Waals surface area contributed by atoms with E-state index in [1.807, 2.05) is 6.20 Å². The van der Waals surface area contributed by atoms with Crippen LogP contribution in [-0.2, 0) is 22.4 Å². The molecule has 2 atom stereocenters. The molecule has 3 aliphatic rings. The van der Waals surface area contributed by atoms with Gasteiger partial charge in [0.25, 0.3) is 0 Å². The highest BCUT2D eigenvalue weighted by atomic mass is 35.5. The second-order valence-corrected chi connectivity index (χ2v) is 9.51. The maximum Gasteiger partial charge on any atom is 0.157 e. The number of halogens is 1. The van der Waals surface area contributed by atoms with E-state index in [-0.39, 0.29) is 6.04 Å². The molecule has 2 saturated heterocycles. The fourth-order valence-electron chi connectivity index (χ4n) is 5.27. The van der Waals surface area contributed by atoms with Crippen LogP contribution < -0.4 is 5.32 Å². The first kappa shape index (κ1) is 21.5. The van der Waals surface area contributed by atoms with Gasteiger partial charge in [0.2, 0.25) is 0 Å². The molecule has 33 heavy (non-hydrogen) atoms. The molecule has 8 nitrogen and oxygen atoms in total. The maximum atomic E-state index is 6.32. The molecule has 0 unspecified atom stereocenters. The van der Waals surface area contributed by atoms with Crippen molar-refractivity contribution < 1.29 is 9.47 Å². The minimum absolute atomic E-state index is 0.169. The Balaban J connectivity index is 1.40. The number of aromatic amines is 1. The lowest BCUT2D eigenvalue weighted by Crippen LogP contribution is -2.55. The van der Waals surface area contributed by atoms with Crippen LogP contribution in [0.4, 0.5) is 0 Å². The monoisotopic (exact) mass is 468 g/mol. The second kappa shape index (κ2) is 8.94. The lowest BCUT2D eigenvalue weighted by molar-refractivity contribution is -0.130. The zero-order valence-corrected chi connectivity index (χ0v) is 19.6. The molecule has 2 N–H and O–H groups in total. The van der Waals surface area contributed by atoms with Crippen LogP contribution in [0, 0.1) is 0 Å². The van der Waals surface area contributed by atoms with Gasteiger partial charge in [-0.15, -0.1) is 0 Å². The average molecular weight is 469 g/mol. The van der Waals surface area contributed by atoms with Crippen LogP contribution in [0.15, 0.2) is 24.5 Å². The number of ether oxygens (including phenoxy) is 2. The van der Waals surface area contributed by atoms with Gasteiger partial charge in [0.05, 0.1) is 49.4 Å². The number of fused-ring (bicyclic) bond motifs is 2. The minimum atomic E-state index is 0.169. The van der Waals surface area contributed by atoms with Gasteiger partial charge in [0.15, 0.2) is 5.65 Å². The molecule has 0 radical (unpaired) electrons. The van der Waals surface area contributed by atoms with Crippen LogP contribution in [-0.4, -0.2) is 77.1 Å². The normalized spacial score (nSPS) is 24.8. The Morgan fingerprint density at radius 1 is 1.15 bits per heavy atom. The van der Waals surface area contributed by atoms with Crippen LogP contribution in [0.3, 0.4) is 0 Å². The second-order valence-electron chi connectivity index (χ2n) is 9.10. The molecular formula is C24H29ClN6O2. The van der Waals surface area contributed by atoms with Gasteiger partial charge in [-0.3, -0.25) is 0 Å². The van der Waals surface area contributed by atoms with Gasteiger partial charge >= 0.3 is 0 Å². The largest absolute Gasteiger partial charge is 0.378 e. The molecule has 0 aliphatic carbocycles. The van der Waals surface area contributed by atoms with Crippen molar-refractivity contribution in [3.63, 3.8) is 0 Å². The third-order valence-corrected chi connectivity index (χ3v) is 7.27. The van der Waals surface area contributed by atoms with Crippen molar-refractivity contribution in [3.05, 3.63) is 46.2 Å². The lowest BCUT2D eigenvalue weighted by atomic mass is 9.88. The smallest absolute Gasteiger partial charge is 0.157 e. The van der Waals surface area contributed by atoms with E-state index in [1.54, 1.807) is 6.20 Å². The fourth-order valence-corrected chi connectivity index (χ4v) is 5.45. The van der Waals surface area contributed by atoms with E-state index in [0.29, 0.717) is 28.8 Å². The molecule has 0 amide bonds. The van der Waals surface area contributed by atoms with Crippen molar-refractivity contribution in [2.24, 2.45) is 0 Å². The predicted molar refractivity (Wildman–Crippen MR) is 127 cm³/mol. The van der Waals surface area contributed by atoms with Crippen LogP contribution in [0.5, 0.6) is 0 Å². The number of hydrogen-bond acceptors (Lipinski definition) is 7. The van der Waals surface area contributed by atoms with E-state index in [0.717, 1.165) is 63.7 Å². The molecule has 9 heteroatoms. The highest BCUT2D eigenvalue weighted by Crippen LogP contribution is 2.34. The molecular weight excluding hydrogens is 440 g/mol. The highest BCUT2D eigenvalue weighted by Gasteiger charge is 2.31. The summed E-state index contributed by atoms with van der Waals surface area (Å²) in [5.74, 6) is 0. The van der Waals surface area contributed by atoms with Gasteiger partial charge in [-0.1, -0.05) is 11.6 Å². The standard InChI is InChI=1S/C24H29ClN6O2/c1-15-13-33-7-5-31(15)30-4-2-16-8-17(21-11-28-24-23(29-21)20(25)10-27-24)9-18(19(16)12-30)22-14-32-6-3-26-22/h8-11,15,22,26H,2-7,12-14H2,1H3,(H,27,28)/t15-,22-/m0/s1. The molecule has 0 bridgehead atoms. The molecule has 1 aromatic carbocycles. The average Bonchev–Trinajstić information content (AvgIpc) is 3.24. The van der Waals surface area contributed by atoms with E-state index in [1.165, 1.54) is 16.7 Å². The Kier molecular flexibility index (Phi) is 5.82. The molecule has 174 valence electrons. The molecule has 0 saturated carbocycles. The highest BCUT2D eigenvalue weighted by molar-refractivity contribution is 6.34. The van der Waals surface area contributed by atoms with E-state index < -0.39 is 0 Å². The summed E-state index contributed by atoms with van der Waals surface area (Å²) in [4.78, 5) is 12.4. The Labute approximate surface area is 198 Å². The zero-order valence-electron chi connectivity index (χ0n) is 18.8. The first-order valence-electron chi connectivity index (χ1n) is 11.7. The van der Waals surface area contributed by atoms with E-state index >= 15 is 0 Å². The summed E-state index contributed by atoms with van der Waals surface area (Å²) in [6.45, 7) is 8.97. The number of hydrogen-bond donors (Lipinski definition) is 2. The van der Waals surface area contributed by atoms with Crippen molar-refractivity contribution in [1.82, 2.24) is 30.3 Å². The topological polar surface area (TPSA) is 78.5 Å². The maximum absolute atomic E-state index is 6.32. The van der Waals surface area contributed by atoms with Crippen molar-refractivity contribution >= 4 is 22.8 Å². The number of rotatable bonds is 3. The summed E-state index contributed by atoms with van der Waals surface area (Å²) >= 11 is 6.32. The summed E-state index contributed by atoms with van der Waals surface area (Å²) in [6, 6.07) is 5.13. The summed E-state index contributed by atoms with van der Waals surface area (Å²) < 4.78 is 11.5. The Hall–Kier alpha value is -2.07. The molecule has 0 spiro atoms. The zero-order chi connectivity index (χ0) is 22.4. The van der Waals surface area contributed by atoms with Crippen molar-refractivity contribution in [1.29, 1.82) is 0 Å². The van der Waals surface area contributed by atoms with Crippen molar-refractivity contribution in [2.75, 3.05) is 46.1 Å². The van der Waals surface area contributed by atoms with Crippen molar-refractivity contribution in [2.45, 2.75) is 32.0 Å². The Bertz CT molecular complexity index is 1160. The summed E-state index contributed by atoms with van der Waals surface area (Å²) in [7, 11) is 0. The molecule has 5 heterocycles. The van der Waals surface area contributed by atoms with Crippen LogP contribution in [0.1, 0.15) is 29.7 Å². The Morgan fingerprint density at radius 2 is 2.06 bits per heavy atom. The number of H-pyrrole nitrogens is 1. The van der Waals surface area contributed by atoms with Gasteiger partial charge in [-0.25, -0.2) is 20.0 Å². The van der Waals surface area contributed by atoms with Crippen molar-refractivity contribution in [3.8, 4) is 11.3 Å².